The summed E-state index contributed by atoms with van der Waals surface area (Å²) in [5.41, 5.74) is 2.23. The van der Waals surface area contributed by atoms with Gasteiger partial charge < -0.3 is 0 Å². The zero-order chi connectivity index (χ0) is 14.4. The van der Waals surface area contributed by atoms with E-state index in [1.165, 1.54) is 0 Å². The second-order valence-electron chi connectivity index (χ2n) is 4.99. The summed E-state index contributed by atoms with van der Waals surface area (Å²) in [5, 5.41) is 1.53. The minimum atomic E-state index is -0.191. The van der Waals surface area contributed by atoms with Crippen LogP contribution in [0.5, 0.6) is 0 Å². The quantitative estimate of drug-likeness (QED) is 0.502. The van der Waals surface area contributed by atoms with Gasteiger partial charge in [0.1, 0.15) is 5.82 Å². The predicted molar refractivity (Wildman–Crippen MR) is 83.6 cm³/mol. The zero-order valence-corrected chi connectivity index (χ0v) is 11.6. The van der Waals surface area contributed by atoms with Gasteiger partial charge in [0.25, 0.3) is 5.56 Å². The van der Waals surface area contributed by atoms with Gasteiger partial charge in [0, 0.05) is 11.8 Å². The highest BCUT2D eigenvalue weighted by Crippen LogP contribution is 2.21. The fraction of sp³-hybridized carbons (Fsp3) is 0.118. The first-order valence-electron chi connectivity index (χ1n) is 6.98. The van der Waals surface area contributed by atoms with Crippen LogP contribution in [0.2, 0.25) is 0 Å². The second kappa shape index (κ2) is 4.38. The summed E-state index contributed by atoms with van der Waals surface area (Å²) < 4.78 is 2.00. The van der Waals surface area contributed by atoms with Crippen LogP contribution in [-0.2, 0) is 6.42 Å². The fourth-order valence-corrected chi connectivity index (χ4v) is 2.80. The molecule has 4 aromatic rings. The third-order valence-electron chi connectivity index (χ3n) is 3.76. The molecule has 0 aliphatic heterocycles. The minimum absolute atomic E-state index is 0.191. The van der Waals surface area contributed by atoms with Gasteiger partial charge in [0.2, 0.25) is 0 Å². The van der Waals surface area contributed by atoms with Gasteiger partial charge in [-0.05, 0) is 24.3 Å². The van der Waals surface area contributed by atoms with Gasteiger partial charge >= 0.3 is 0 Å². The van der Waals surface area contributed by atoms with Crippen molar-refractivity contribution in [3.05, 3.63) is 64.7 Å². The Labute approximate surface area is 120 Å². The maximum absolute atomic E-state index is 12.3. The van der Waals surface area contributed by atoms with Crippen LogP contribution in [0.25, 0.3) is 27.5 Å². The molecule has 0 radical (unpaired) electrons. The molecule has 0 unspecified atom stereocenters. The number of fused-ring (bicyclic) bond motifs is 5. The highest BCUT2D eigenvalue weighted by molar-refractivity contribution is 5.94. The summed E-state index contributed by atoms with van der Waals surface area (Å²) >= 11 is 0. The molecule has 0 amide bonds. The first-order chi connectivity index (χ1) is 10.3. The van der Waals surface area contributed by atoms with Gasteiger partial charge in [-0.3, -0.25) is 9.20 Å². The summed E-state index contributed by atoms with van der Waals surface area (Å²) in [6, 6.07) is 15.4. The van der Waals surface area contributed by atoms with Crippen LogP contribution >= 0.6 is 0 Å². The maximum Gasteiger partial charge on any atom is 0.281 e. The maximum atomic E-state index is 12.3. The van der Waals surface area contributed by atoms with Gasteiger partial charge in [0.15, 0.2) is 5.65 Å². The number of hydrogen-bond donors (Lipinski definition) is 0. The number of para-hydroxylation sites is 2. The molecule has 0 spiro atoms. The van der Waals surface area contributed by atoms with E-state index in [4.69, 9.17) is 4.98 Å². The van der Waals surface area contributed by atoms with Crippen LogP contribution in [0.15, 0.2) is 53.3 Å². The molecule has 21 heavy (non-hydrogen) atoms. The number of rotatable bonds is 1. The highest BCUT2D eigenvalue weighted by atomic mass is 16.1. The molecule has 4 heteroatoms. The standard InChI is InChI=1S/C17H13N3O/c1-2-15-18-13-9-5-3-7-11(13)16-19-17(21)12-8-4-6-10-14(12)20(15)16/h3-10H,2H2,1H3. The Bertz CT molecular complexity index is 1050. The summed E-state index contributed by atoms with van der Waals surface area (Å²) in [4.78, 5) is 21.3. The lowest BCUT2D eigenvalue weighted by Gasteiger charge is -2.12. The summed E-state index contributed by atoms with van der Waals surface area (Å²) in [5.74, 6) is 0.910. The minimum Gasteiger partial charge on any atom is -0.281 e. The van der Waals surface area contributed by atoms with Crippen molar-refractivity contribution in [2.24, 2.45) is 0 Å². The third-order valence-corrected chi connectivity index (χ3v) is 3.76. The van der Waals surface area contributed by atoms with E-state index in [9.17, 15) is 4.79 Å². The van der Waals surface area contributed by atoms with Crippen molar-refractivity contribution in [2.75, 3.05) is 0 Å². The number of benzene rings is 2. The largest absolute Gasteiger partial charge is 0.281 e. The Morgan fingerprint density at radius 2 is 1.67 bits per heavy atom. The van der Waals surface area contributed by atoms with Gasteiger partial charge in [0.05, 0.1) is 16.4 Å². The zero-order valence-electron chi connectivity index (χ0n) is 11.6. The van der Waals surface area contributed by atoms with Crippen LogP contribution in [0.1, 0.15) is 12.7 Å². The van der Waals surface area contributed by atoms with E-state index >= 15 is 0 Å². The lowest BCUT2D eigenvalue weighted by Crippen LogP contribution is -2.14. The second-order valence-corrected chi connectivity index (χ2v) is 4.99. The molecule has 0 atom stereocenters. The SMILES string of the molecule is CCc1nc2ccccc2c2nc(=O)c3ccccc3n12. The molecule has 0 aliphatic rings. The van der Waals surface area contributed by atoms with Crippen molar-refractivity contribution < 1.29 is 0 Å². The molecule has 0 N–H and O–H groups in total. The Kier molecular flexibility index (Phi) is 2.51. The molecule has 0 saturated heterocycles. The van der Waals surface area contributed by atoms with E-state index in [0.29, 0.717) is 11.0 Å². The van der Waals surface area contributed by atoms with Crippen molar-refractivity contribution in [1.82, 2.24) is 14.4 Å². The normalized spacial score (nSPS) is 11.5. The Balaban J connectivity index is 2.40. The molecule has 0 aliphatic carbocycles. The van der Waals surface area contributed by atoms with Crippen molar-refractivity contribution in [3.63, 3.8) is 0 Å². The Hall–Kier alpha value is -2.75. The summed E-state index contributed by atoms with van der Waals surface area (Å²) in [6.45, 7) is 2.06. The van der Waals surface area contributed by atoms with Crippen LogP contribution in [0, 0.1) is 0 Å². The number of hydrogen-bond acceptors (Lipinski definition) is 3. The molecule has 0 saturated carbocycles. The highest BCUT2D eigenvalue weighted by Gasteiger charge is 2.12. The van der Waals surface area contributed by atoms with Crippen molar-refractivity contribution in [2.45, 2.75) is 13.3 Å². The smallest absolute Gasteiger partial charge is 0.281 e. The molecule has 4 rings (SSSR count). The topological polar surface area (TPSA) is 47.3 Å². The molecule has 2 heterocycles. The Morgan fingerprint density at radius 3 is 2.48 bits per heavy atom. The Morgan fingerprint density at radius 1 is 0.952 bits per heavy atom. The van der Waals surface area contributed by atoms with E-state index < -0.39 is 0 Å². The molecule has 2 aromatic heterocycles. The summed E-state index contributed by atoms with van der Waals surface area (Å²) in [6.07, 6.45) is 0.774. The van der Waals surface area contributed by atoms with E-state index in [-0.39, 0.29) is 5.56 Å². The molecular weight excluding hydrogens is 262 g/mol. The number of aryl methyl sites for hydroxylation is 1. The summed E-state index contributed by atoms with van der Waals surface area (Å²) in [7, 11) is 0. The van der Waals surface area contributed by atoms with E-state index in [0.717, 1.165) is 28.7 Å². The van der Waals surface area contributed by atoms with Gasteiger partial charge in [-0.15, -0.1) is 0 Å². The molecule has 0 bridgehead atoms. The number of aromatic nitrogens is 3. The van der Waals surface area contributed by atoms with Crippen molar-refractivity contribution in [1.29, 1.82) is 0 Å². The van der Waals surface area contributed by atoms with Gasteiger partial charge in [-0.25, -0.2) is 4.98 Å². The van der Waals surface area contributed by atoms with Gasteiger partial charge in [-0.2, -0.15) is 4.98 Å². The van der Waals surface area contributed by atoms with Crippen LogP contribution in [-0.4, -0.2) is 14.4 Å². The van der Waals surface area contributed by atoms with Crippen LogP contribution in [0.4, 0.5) is 0 Å². The van der Waals surface area contributed by atoms with E-state index in [1.807, 2.05) is 52.9 Å². The predicted octanol–water partition coefficient (Wildman–Crippen LogP) is 2.96. The lowest BCUT2D eigenvalue weighted by molar-refractivity contribution is 0.916. The molecule has 2 aromatic carbocycles. The van der Waals surface area contributed by atoms with Gasteiger partial charge in [-0.1, -0.05) is 31.2 Å². The fourth-order valence-electron chi connectivity index (χ4n) is 2.80. The first kappa shape index (κ1) is 12.0. The van der Waals surface area contributed by atoms with Crippen molar-refractivity contribution in [3.8, 4) is 0 Å². The van der Waals surface area contributed by atoms with Crippen LogP contribution in [0.3, 0.4) is 0 Å². The molecule has 0 fully saturated rings. The van der Waals surface area contributed by atoms with E-state index in [2.05, 4.69) is 11.9 Å². The van der Waals surface area contributed by atoms with Crippen LogP contribution < -0.4 is 5.56 Å². The monoisotopic (exact) mass is 275 g/mol. The first-order valence-corrected chi connectivity index (χ1v) is 6.98. The van der Waals surface area contributed by atoms with Crippen molar-refractivity contribution >= 4 is 27.5 Å². The van der Waals surface area contributed by atoms with E-state index in [1.54, 1.807) is 0 Å². The molecular formula is C17H13N3O. The molecule has 102 valence electrons. The average Bonchev–Trinajstić information content (AvgIpc) is 2.54. The average molecular weight is 275 g/mol. The lowest BCUT2D eigenvalue weighted by atomic mass is 10.2. The third kappa shape index (κ3) is 1.65. The number of nitrogens with zero attached hydrogens (tertiary/aromatic N) is 3. The molecule has 4 nitrogen and oxygen atoms in total.